The number of ether oxygens (including phenoxy) is 1. The SMILES string of the molecule is COC(=O)[C@@H]1CCCCC[C@@H]1NC(=O)[C@@H](C)Cc1c(C)n[nH]c1C. The number of esters is 1. The van der Waals surface area contributed by atoms with Gasteiger partial charge in [-0.1, -0.05) is 26.2 Å². The van der Waals surface area contributed by atoms with Gasteiger partial charge >= 0.3 is 5.97 Å². The van der Waals surface area contributed by atoms with Gasteiger partial charge in [0.05, 0.1) is 18.7 Å². The molecule has 1 fully saturated rings. The molecule has 1 heterocycles. The minimum absolute atomic E-state index is 0.00389. The Labute approximate surface area is 143 Å². The Hall–Kier alpha value is -1.85. The molecule has 0 aliphatic heterocycles. The van der Waals surface area contributed by atoms with Gasteiger partial charge in [0.2, 0.25) is 5.91 Å². The van der Waals surface area contributed by atoms with Crippen molar-refractivity contribution in [1.82, 2.24) is 15.5 Å². The second kappa shape index (κ2) is 8.31. The molecule has 1 aromatic heterocycles. The first-order chi connectivity index (χ1) is 11.4. The zero-order chi connectivity index (χ0) is 17.7. The highest BCUT2D eigenvalue weighted by Gasteiger charge is 2.32. The molecule has 0 aromatic carbocycles. The molecule has 1 aliphatic rings. The number of rotatable bonds is 5. The van der Waals surface area contributed by atoms with Crippen LogP contribution in [0.15, 0.2) is 0 Å². The Morgan fingerprint density at radius 1 is 1.29 bits per heavy atom. The maximum atomic E-state index is 12.6. The Morgan fingerprint density at radius 3 is 2.62 bits per heavy atom. The fraction of sp³-hybridized carbons (Fsp3) is 0.722. The smallest absolute Gasteiger partial charge is 0.310 e. The second-order valence-electron chi connectivity index (χ2n) is 6.90. The van der Waals surface area contributed by atoms with E-state index in [9.17, 15) is 9.59 Å². The van der Waals surface area contributed by atoms with Crippen LogP contribution < -0.4 is 5.32 Å². The molecular weight excluding hydrogens is 306 g/mol. The fourth-order valence-corrected chi connectivity index (χ4v) is 3.51. The predicted molar refractivity (Wildman–Crippen MR) is 91.5 cm³/mol. The quantitative estimate of drug-likeness (QED) is 0.639. The number of hydrogen-bond donors (Lipinski definition) is 2. The lowest BCUT2D eigenvalue weighted by Gasteiger charge is -2.25. The lowest BCUT2D eigenvalue weighted by Crippen LogP contribution is -2.45. The number of carbonyl (C=O) groups is 2. The van der Waals surface area contributed by atoms with Crippen molar-refractivity contribution in [2.75, 3.05) is 7.11 Å². The number of aromatic amines is 1. The largest absolute Gasteiger partial charge is 0.469 e. The summed E-state index contributed by atoms with van der Waals surface area (Å²) in [6.07, 6.45) is 5.41. The van der Waals surface area contributed by atoms with Gasteiger partial charge in [-0.05, 0) is 38.7 Å². The van der Waals surface area contributed by atoms with E-state index in [2.05, 4.69) is 15.5 Å². The fourth-order valence-electron chi connectivity index (χ4n) is 3.51. The summed E-state index contributed by atoms with van der Waals surface area (Å²) in [6, 6.07) is -0.124. The number of amides is 1. The van der Waals surface area contributed by atoms with Crippen molar-refractivity contribution in [3.63, 3.8) is 0 Å². The molecule has 0 spiro atoms. The first kappa shape index (κ1) is 18.5. The monoisotopic (exact) mass is 335 g/mol. The first-order valence-corrected chi connectivity index (χ1v) is 8.82. The molecule has 6 heteroatoms. The molecule has 0 unspecified atom stereocenters. The van der Waals surface area contributed by atoms with Crippen molar-refractivity contribution in [2.45, 2.75) is 65.3 Å². The molecule has 2 N–H and O–H groups in total. The standard InChI is InChI=1S/C18H29N3O3/c1-11(10-15-12(2)20-21-13(15)3)17(22)19-16-9-7-5-6-8-14(16)18(23)24-4/h11,14,16H,5-10H2,1-4H3,(H,19,22)(H,20,21)/t11-,14+,16-/m0/s1. The molecule has 1 amide bonds. The minimum atomic E-state index is -0.231. The lowest BCUT2D eigenvalue weighted by molar-refractivity contribution is -0.147. The summed E-state index contributed by atoms with van der Waals surface area (Å²) < 4.78 is 4.93. The van der Waals surface area contributed by atoms with Crippen LogP contribution in [0.4, 0.5) is 0 Å². The number of aromatic nitrogens is 2. The van der Waals surface area contributed by atoms with E-state index in [1.54, 1.807) is 0 Å². The summed E-state index contributed by atoms with van der Waals surface area (Å²) in [4.78, 5) is 24.7. The van der Waals surface area contributed by atoms with Gasteiger partial charge < -0.3 is 10.1 Å². The van der Waals surface area contributed by atoms with Gasteiger partial charge in [-0.2, -0.15) is 5.10 Å². The number of nitrogens with zero attached hydrogens (tertiary/aromatic N) is 1. The summed E-state index contributed by atoms with van der Waals surface area (Å²) in [7, 11) is 1.42. The van der Waals surface area contributed by atoms with Gasteiger partial charge in [-0.3, -0.25) is 14.7 Å². The van der Waals surface area contributed by atoms with Crippen LogP contribution in [-0.2, 0) is 20.7 Å². The third-order valence-corrected chi connectivity index (χ3v) is 5.09. The van der Waals surface area contributed by atoms with Gasteiger partial charge in [-0.25, -0.2) is 0 Å². The van der Waals surface area contributed by atoms with Crippen LogP contribution in [0.5, 0.6) is 0 Å². The van der Waals surface area contributed by atoms with Crippen LogP contribution in [0, 0.1) is 25.7 Å². The van der Waals surface area contributed by atoms with Crippen LogP contribution in [-0.4, -0.2) is 35.2 Å². The molecule has 0 radical (unpaired) electrons. The van der Waals surface area contributed by atoms with Crippen molar-refractivity contribution in [3.05, 3.63) is 17.0 Å². The summed E-state index contributed by atoms with van der Waals surface area (Å²) in [5.74, 6) is -0.611. The number of aryl methyl sites for hydroxylation is 2. The van der Waals surface area contributed by atoms with Crippen molar-refractivity contribution in [3.8, 4) is 0 Å². The molecule has 6 nitrogen and oxygen atoms in total. The third-order valence-electron chi connectivity index (χ3n) is 5.09. The van der Waals surface area contributed by atoms with Gasteiger partial charge in [-0.15, -0.1) is 0 Å². The second-order valence-corrected chi connectivity index (χ2v) is 6.90. The minimum Gasteiger partial charge on any atom is -0.469 e. The molecule has 1 saturated carbocycles. The van der Waals surface area contributed by atoms with Crippen molar-refractivity contribution >= 4 is 11.9 Å². The van der Waals surface area contributed by atoms with E-state index in [0.717, 1.165) is 49.1 Å². The summed E-state index contributed by atoms with van der Waals surface area (Å²) >= 11 is 0. The third kappa shape index (κ3) is 4.36. The molecule has 24 heavy (non-hydrogen) atoms. The first-order valence-electron chi connectivity index (χ1n) is 8.82. The van der Waals surface area contributed by atoms with Crippen LogP contribution in [0.1, 0.15) is 56.0 Å². The van der Waals surface area contributed by atoms with Crippen LogP contribution >= 0.6 is 0 Å². The van der Waals surface area contributed by atoms with Crippen molar-refractivity contribution < 1.29 is 14.3 Å². The van der Waals surface area contributed by atoms with Crippen LogP contribution in [0.3, 0.4) is 0 Å². The van der Waals surface area contributed by atoms with E-state index in [1.165, 1.54) is 7.11 Å². The molecular formula is C18H29N3O3. The highest BCUT2D eigenvalue weighted by molar-refractivity contribution is 5.80. The maximum Gasteiger partial charge on any atom is 0.310 e. The van der Waals surface area contributed by atoms with Gasteiger partial charge in [0, 0.05) is 17.7 Å². The van der Waals surface area contributed by atoms with Crippen molar-refractivity contribution in [2.24, 2.45) is 11.8 Å². The van der Waals surface area contributed by atoms with Gasteiger partial charge in [0.1, 0.15) is 0 Å². The zero-order valence-electron chi connectivity index (χ0n) is 15.1. The number of methoxy groups -OCH3 is 1. The van der Waals surface area contributed by atoms with Gasteiger partial charge in [0.15, 0.2) is 0 Å². The van der Waals surface area contributed by atoms with Crippen LogP contribution in [0.2, 0.25) is 0 Å². The zero-order valence-corrected chi connectivity index (χ0v) is 15.1. The highest BCUT2D eigenvalue weighted by atomic mass is 16.5. The number of H-pyrrole nitrogens is 1. The summed E-state index contributed by atoms with van der Waals surface area (Å²) in [5, 5.41) is 10.2. The molecule has 1 aromatic rings. The number of carbonyl (C=O) groups excluding carboxylic acids is 2. The number of nitrogens with one attached hydrogen (secondary N) is 2. The highest BCUT2D eigenvalue weighted by Crippen LogP contribution is 2.25. The Kier molecular flexibility index (Phi) is 6.40. The van der Waals surface area contributed by atoms with Crippen LogP contribution in [0.25, 0.3) is 0 Å². The van der Waals surface area contributed by atoms with Crippen molar-refractivity contribution in [1.29, 1.82) is 0 Å². The molecule has 2 rings (SSSR count). The number of hydrogen-bond acceptors (Lipinski definition) is 4. The lowest BCUT2D eigenvalue weighted by atomic mass is 9.93. The molecule has 0 saturated heterocycles. The Balaban J connectivity index is 2.01. The summed E-state index contributed by atoms with van der Waals surface area (Å²) in [5.41, 5.74) is 3.05. The Morgan fingerprint density at radius 2 is 2.00 bits per heavy atom. The summed E-state index contributed by atoms with van der Waals surface area (Å²) in [6.45, 7) is 5.84. The molecule has 0 bridgehead atoms. The van der Waals surface area contributed by atoms with E-state index in [-0.39, 0.29) is 29.8 Å². The van der Waals surface area contributed by atoms with E-state index in [4.69, 9.17) is 4.74 Å². The molecule has 134 valence electrons. The van der Waals surface area contributed by atoms with E-state index in [0.29, 0.717) is 6.42 Å². The molecule has 3 atom stereocenters. The predicted octanol–water partition coefficient (Wildman–Crippen LogP) is 2.44. The average Bonchev–Trinajstić information content (AvgIpc) is 2.77. The van der Waals surface area contributed by atoms with E-state index >= 15 is 0 Å². The molecule has 1 aliphatic carbocycles. The van der Waals surface area contributed by atoms with E-state index < -0.39 is 0 Å². The normalized spacial score (nSPS) is 22.5. The Bertz CT molecular complexity index is 563. The topological polar surface area (TPSA) is 84.1 Å². The average molecular weight is 335 g/mol. The van der Waals surface area contributed by atoms with Gasteiger partial charge in [0.25, 0.3) is 0 Å². The maximum absolute atomic E-state index is 12.6. The van der Waals surface area contributed by atoms with E-state index in [1.807, 2.05) is 20.8 Å².